The molecule has 1 aliphatic rings. The molecule has 3 nitrogen and oxygen atoms in total. The normalized spacial score (nSPS) is 15.0. The van der Waals surface area contributed by atoms with Crippen LogP contribution in [0.25, 0.3) is 0 Å². The van der Waals surface area contributed by atoms with E-state index in [4.69, 9.17) is 26.2 Å². The molecule has 0 saturated carbocycles. The molecule has 0 saturated heterocycles. The van der Waals surface area contributed by atoms with E-state index in [0.717, 1.165) is 22.8 Å². The molecule has 1 atom stereocenters. The quantitative estimate of drug-likeness (QED) is 0.896. The SMILES string of the molecule is CC(CO)CSCc1cc(Cl)c2c(c1)OCO2. The van der Waals surface area contributed by atoms with Crippen LogP contribution in [0.2, 0.25) is 5.02 Å². The molecule has 1 aromatic rings. The van der Waals surface area contributed by atoms with Gasteiger partial charge in [-0.05, 0) is 29.4 Å². The van der Waals surface area contributed by atoms with E-state index >= 15 is 0 Å². The number of hydrogen-bond donors (Lipinski definition) is 1. The highest BCUT2D eigenvalue weighted by Crippen LogP contribution is 2.40. The number of hydrogen-bond acceptors (Lipinski definition) is 4. The second-order valence-corrected chi connectivity index (χ2v) is 5.55. The predicted molar refractivity (Wildman–Crippen MR) is 70.0 cm³/mol. The molecule has 0 amide bonds. The molecule has 1 aliphatic heterocycles. The molecular formula is C12H15ClO3S. The summed E-state index contributed by atoms with van der Waals surface area (Å²) in [6.07, 6.45) is 0. The lowest BCUT2D eigenvalue weighted by molar-refractivity contribution is 0.174. The summed E-state index contributed by atoms with van der Waals surface area (Å²) < 4.78 is 10.6. The van der Waals surface area contributed by atoms with Crippen LogP contribution < -0.4 is 9.47 Å². The molecule has 0 aliphatic carbocycles. The minimum absolute atomic E-state index is 0.231. The zero-order chi connectivity index (χ0) is 12.3. The molecule has 94 valence electrons. The van der Waals surface area contributed by atoms with Crippen LogP contribution in [-0.4, -0.2) is 24.3 Å². The number of aliphatic hydroxyl groups excluding tert-OH is 1. The van der Waals surface area contributed by atoms with E-state index in [1.807, 2.05) is 19.1 Å². The van der Waals surface area contributed by atoms with Crippen molar-refractivity contribution in [2.75, 3.05) is 19.2 Å². The van der Waals surface area contributed by atoms with Crippen LogP contribution in [0.1, 0.15) is 12.5 Å². The van der Waals surface area contributed by atoms with Gasteiger partial charge in [-0.3, -0.25) is 0 Å². The van der Waals surface area contributed by atoms with Gasteiger partial charge in [-0.15, -0.1) is 0 Å². The van der Waals surface area contributed by atoms with Gasteiger partial charge in [-0.25, -0.2) is 0 Å². The van der Waals surface area contributed by atoms with Crippen molar-refractivity contribution in [1.82, 2.24) is 0 Å². The molecule has 5 heteroatoms. The van der Waals surface area contributed by atoms with Gasteiger partial charge in [0.15, 0.2) is 11.5 Å². The first kappa shape index (κ1) is 12.9. The van der Waals surface area contributed by atoms with Crippen molar-refractivity contribution >= 4 is 23.4 Å². The zero-order valence-corrected chi connectivity index (χ0v) is 11.2. The summed E-state index contributed by atoms with van der Waals surface area (Å²) in [6, 6.07) is 3.87. The number of thioether (sulfide) groups is 1. The Morgan fingerprint density at radius 1 is 1.47 bits per heavy atom. The summed E-state index contributed by atoms with van der Waals surface area (Å²) in [5, 5.41) is 9.53. The number of ether oxygens (including phenoxy) is 2. The fourth-order valence-electron chi connectivity index (χ4n) is 1.53. The average molecular weight is 275 g/mol. The van der Waals surface area contributed by atoms with Gasteiger partial charge in [0.2, 0.25) is 6.79 Å². The monoisotopic (exact) mass is 274 g/mol. The number of rotatable bonds is 5. The van der Waals surface area contributed by atoms with Gasteiger partial charge in [0, 0.05) is 12.4 Å². The van der Waals surface area contributed by atoms with Crippen LogP contribution in [0.4, 0.5) is 0 Å². The van der Waals surface area contributed by atoms with Crippen molar-refractivity contribution in [3.63, 3.8) is 0 Å². The Balaban J connectivity index is 1.96. The molecule has 1 unspecified atom stereocenters. The largest absolute Gasteiger partial charge is 0.454 e. The van der Waals surface area contributed by atoms with Crippen LogP contribution in [0.15, 0.2) is 12.1 Å². The molecule has 0 fully saturated rings. The third kappa shape index (κ3) is 3.21. The summed E-state index contributed by atoms with van der Waals surface area (Å²) in [7, 11) is 0. The van der Waals surface area contributed by atoms with E-state index in [-0.39, 0.29) is 13.4 Å². The maximum Gasteiger partial charge on any atom is 0.231 e. The molecule has 0 radical (unpaired) electrons. The first-order valence-corrected chi connectivity index (χ1v) is 7.00. The van der Waals surface area contributed by atoms with E-state index in [9.17, 15) is 0 Å². The number of halogens is 1. The minimum Gasteiger partial charge on any atom is -0.454 e. The smallest absolute Gasteiger partial charge is 0.231 e. The number of fused-ring (bicyclic) bond motifs is 1. The Bertz CT molecular complexity index is 398. The molecule has 0 aromatic heterocycles. The topological polar surface area (TPSA) is 38.7 Å². The molecule has 1 heterocycles. The van der Waals surface area contributed by atoms with Gasteiger partial charge >= 0.3 is 0 Å². The van der Waals surface area contributed by atoms with Crippen molar-refractivity contribution in [2.45, 2.75) is 12.7 Å². The van der Waals surface area contributed by atoms with Crippen molar-refractivity contribution in [3.05, 3.63) is 22.7 Å². The van der Waals surface area contributed by atoms with Crippen LogP contribution in [-0.2, 0) is 5.75 Å². The summed E-state index contributed by atoms with van der Waals surface area (Å²) in [5.74, 6) is 3.49. The van der Waals surface area contributed by atoms with Crippen molar-refractivity contribution in [1.29, 1.82) is 0 Å². The van der Waals surface area contributed by atoms with Gasteiger partial charge in [-0.2, -0.15) is 11.8 Å². The Morgan fingerprint density at radius 3 is 3.06 bits per heavy atom. The molecule has 1 N–H and O–H groups in total. The van der Waals surface area contributed by atoms with E-state index < -0.39 is 0 Å². The van der Waals surface area contributed by atoms with Crippen LogP contribution in [0.3, 0.4) is 0 Å². The molecule has 2 rings (SSSR count). The van der Waals surface area contributed by atoms with Gasteiger partial charge in [0.05, 0.1) is 5.02 Å². The minimum atomic E-state index is 0.231. The summed E-state index contributed by atoms with van der Waals surface area (Å²) >= 11 is 7.87. The zero-order valence-electron chi connectivity index (χ0n) is 9.61. The second-order valence-electron chi connectivity index (χ2n) is 4.11. The van der Waals surface area contributed by atoms with Gasteiger partial charge in [0.25, 0.3) is 0 Å². The molecule has 0 bridgehead atoms. The van der Waals surface area contributed by atoms with Crippen molar-refractivity contribution in [3.8, 4) is 11.5 Å². The Labute approximate surface area is 110 Å². The fourth-order valence-corrected chi connectivity index (χ4v) is 2.85. The lowest BCUT2D eigenvalue weighted by Crippen LogP contribution is -2.03. The molecule has 0 spiro atoms. The third-order valence-electron chi connectivity index (χ3n) is 2.47. The molecule has 17 heavy (non-hydrogen) atoms. The summed E-state index contributed by atoms with van der Waals surface area (Å²) in [5.41, 5.74) is 1.12. The predicted octanol–water partition coefficient (Wildman–Crippen LogP) is 2.93. The fraction of sp³-hybridized carbons (Fsp3) is 0.500. The van der Waals surface area contributed by atoms with Crippen molar-refractivity contribution in [2.24, 2.45) is 5.92 Å². The van der Waals surface area contributed by atoms with Crippen LogP contribution in [0.5, 0.6) is 11.5 Å². The standard InChI is InChI=1S/C12H15ClO3S/c1-8(4-14)5-17-6-9-2-10(13)12-11(3-9)15-7-16-12/h2-3,8,14H,4-7H2,1H3. The second kappa shape index (κ2) is 5.85. The van der Waals surface area contributed by atoms with Gasteiger partial charge < -0.3 is 14.6 Å². The summed E-state index contributed by atoms with van der Waals surface area (Å²) in [6.45, 7) is 2.50. The van der Waals surface area contributed by atoms with E-state index in [1.54, 1.807) is 11.8 Å². The average Bonchev–Trinajstić information content (AvgIpc) is 2.77. The summed E-state index contributed by atoms with van der Waals surface area (Å²) in [4.78, 5) is 0. The third-order valence-corrected chi connectivity index (χ3v) is 4.09. The van der Waals surface area contributed by atoms with Crippen LogP contribution >= 0.6 is 23.4 Å². The highest BCUT2D eigenvalue weighted by Gasteiger charge is 2.18. The highest BCUT2D eigenvalue weighted by molar-refractivity contribution is 7.98. The Morgan fingerprint density at radius 2 is 2.29 bits per heavy atom. The molecule has 1 aromatic carbocycles. The van der Waals surface area contributed by atoms with Gasteiger partial charge in [-0.1, -0.05) is 18.5 Å². The lowest BCUT2D eigenvalue weighted by atomic mass is 10.2. The molecular weight excluding hydrogens is 260 g/mol. The number of aliphatic hydroxyl groups is 1. The Hall–Kier alpha value is -0.580. The Kier molecular flexibility index (Phi) is 4.42. The highest BCUT2D eigenvalue weighted by atomic mass is 35.5. The maximum absolute atomic E-state index is 8.93. The van der Waals surface area contributed by atoms with Crippen molar-refractivity contribution < 1.29 is 14.6 Å². The maximum atomic E-state index is 8.93. The first-order chi connectivity index (χ1) is 8.20. The van der Waals surface area contributed by atoms with E-state index in [0.29, 0.717) is 16.7 Å². The van der Waals surface area contributed by atoms with Gasteiger partial charge in [0.1, 0.15) is 0 Å². The first-order valence-electron chi connectivity index (χ1n) is 5.47. The van der Waals surface area contributed by atoms with E-state index in [2.05, 4.69) is 0 Å². The lowest BCUT2D eigenvalue weighted by Gasteiger charge is -2.08. The van der Waals surface area contributed by atoms with E-state index in [1.165, 1.54) is 0 Å². The van der Waals surface area contributed by atoms with Crippen LogP contribution in [0, 0.1) is 5.92 Å². The number of benzene rings is 1.